The van der Waals surface area contributed by atoms with Crippen molar-refractivity contribution in [2.45, 2.75) is 13.8 Å². The van der Waals surface area contributed by atoms with Crippen molar-refractivity contribution in [2.75, 3.05) is 6.61 Å². The van der Waals surface area contributed by atoms with Gasteiger partial charge in [-0.05, 0) is 6.92 Å². The van der Waals surface area contributed by atoms with Gasteiger partial charge in [0.2, 0.25) is 0 Å². The molecule has 2 aromatic rings. The van der Waals surface area contributed by atoms with Gasteiger partial charge >= 0.3 is 5.97 Å². The van der Waals surface area contributed by atoms with E-state index in [0.29, 0.717) is 27.2 Å². The highest BCUT2D eigenvalue weighted by Crippen LogP contribution is 2.09. The zero-order valence-electron chi connectivity index (χ0n) is 10.6. The molecule has 2 aromatic heterocycles. The predicted octanol–water partition coefficient (Wildman–Crippen LogP) is 4.00. The molecule has 10 heteroatoms. The Labute approximate surface area is 135 Å². The molecule has 112 valence electrons. The van der Waals surface area contributed by atoms with E-state index in [0.717, 1.165) is 0 Å². The number of hydrogen-bond donors (Lipinski definition) is 2. The van der Waals surface area contributed by atoms with Gasteiger partial charge in [0.05, 0.1) is 6.61 Å². The molecule has 0 unspecified atom stereocenters. The van der Waals surface area contributed by atoms with Crippen LogP contribution >= 0.6 is 46.4 Å². The number of halogens is 4. The maximum Gasteiger partial charge on any atom is 0.302 e. The summed E-state index contributed by atoms with van der Waals surface area (Å²) in [6, 6.07) is 3.06. The highest BCUT2D eigenvalue weighted by molar-refractivity contribution is 6.33. The number of ether oxygens (including phenoxy) is 1. The minimum Gasteiger partial charge on any atom is -0.466 e. The van der Waals surface area contributed by atoms with E-state index >= 15 is 0 Å². The van der Waals surface area contributed by atoms with Gasteiger partial charge in [-0.1, -0.05) is 46.4 Å². The number of aromatic nitrogens is 4. The largest absolute Gasteiger partial charge is 0.466 e. The van der Waals surface area contributed by atoms with Crippen LogP contribution in [0.15, 0.2) is 12.1 Å². The first-order valence-corrected chi connectivity index (χ1v) is 6.72. The third-order valence-corrected chi connectivity index (χ3v) is 2.15. The second-order valence-electron chi connectivity index (χ2n) is 3.00. The van der Waals surface area contributed by atoms with E-state index in [4.69, 9.17) is 46.4 Å². The predicted molar refractivity (Wildman–Crippen MR) is 79.5 cm³/mol. The average molecular weight is 362 g/mol. The molecule has 0 saturated carbocycles. The molecular weight excluding hydrogens is 350 g/mol. The summed E-state index contributed by atoms with van der Waals surface area (Å²) in [6.45, 7) is 3.65. The quantitative estimate of drug-likeness (QED) is 0.752. The van der Waals surface area contributed by atoms with Crippen LogP contribution < -0.4 is 0 Å². The van der Waals surface area contributed by atoms with Gasteiger partial charge < -0.3 is 4.74 Å². The fraction of sp³-hybridized carbons (Fsp3) is 0.300. The molecule has 0 aliphatic heterocycles. The van der Waals surface area contributed by atoms with E-state index in [2.05, 4.69) is 25.1 Å². The molecule has 2 rings (SSSR count). The third-order valence-electron chi connectivity index (χ3n) is 1.38. The lowest BCUT2D eigenvalue weighted by molar-refractivity contribution is -0.140. The Kier molecular flexibility index (Phi) is 10.3. The number of carbonyl (C=O) groups excluding carboxylic acids is 1. The number of aromatic amines is 2. The summed E-state index contributed by atoms with van der Waals surface area (Å²) in [5, 5.41) is 13.7. The van der Waals surface area contributed by atoms with E-state index in [1.807, 2.05) is 0 Å². The van der Waals surface area contributed by atoms with Gasteiger partial charge in [0.25, 0.3) is 0 Å². The van der Waals surface area contributed by atoms with E-state index in [9.17, 15) is 4.79 Å². The standard InChI is InChI=1S/C4H8O2.2C3H2Cl2N2/c1-3-6-4(2)5;2*4-2-1-3(5)7-6-2/h3H2,1-2H3;2*1H,(H,6,7). The van der Waals surface area contributed by atoms with Crippen LogP contribution in [0.2, 0.25) is 20.6 Å². The molecule has 2 heterocycles. The number of H-pyrrole nitrogens is 2. The molecule has 2 N–H and O–H groups in total. The van der Waals surface area contributed by atoms with Gasteiger partial charge in [-0.25, -0.2) is 0 Å². The Balaban J connectivity index is 0.000000272. The molecule has 20 heavy (non-hydrogen) atoms. The van der Waals surface area contributed by atoms with Crippen molar-refractivity contribution < 1.29 is 9.53 Å². The maximum absolute atomic E-state index is 9.82. The molecule has 0 atom stereocenters. The lowest BCUT2D eigenvalue weighted by Crippen LogP contribution is -1.95. The highest BCUT2D eigenvalue weighted by Gasteiger charge is 1.90. The van der Waals surface area contributed by atoms with Crippen molar-refractivity contribution in [1.82, 2.24) is 20.4 Å². The molecule has 0 fully saturated rings. The van der Waals surface area contributed by atoms with E-state index in [-0.39, 0.29) is 5.97 Å². The van der Waals surface area contributed by atoms with Crippen LogP contribution in [0.4, 0.5) is 0 Å². The molecule has 0 aromatic carbocycles. The summed E-state index contributed by atoms with van der Waals surface area (Å²) < 4.78 is 4.40. The number of esters is 1. The monoisotopic (exact) mass is 360 g/mol. The molecule has 0 amide bonds. The van der Waals surface area contributed by atoms with Crippen molar-refractivity contribution in [1.29, 1.82) is 0 Å². The van der Waals surface area contributed by atoms with Crippen LogP contribution in [0.3, 0.4) is 0 Å². The molecule has 0 saturated heterocycles. The lowest BCUT2D eigenvalue weighted by Gasteiger charge is -1.89. The Morgan fingerprint density at radius 1 is 1.10 bits per heavy atom. The SMILES string of the molecule is CCOC(C)=O.Clc1cc(Cl)[nH]n1.Clc1cc(Cl)[nH]n1. The summed E-state index contributed by atoms with van der Waals surface area (Å²) in [5.41, 5.74) is 0. The lowest BCUT2D eigenvalue weighted by atomic mass is 10.8. The Hall–Kier alpha value is -0.950. The fourth-order valence-electron chi connectivity index (χ4n) is 0.755. The van der Waals surface area contributed by atoms with Gasteiger partial charge in [-0.2, -0.15) is 10.2 Å². The zero-order valence-corrected chi connectivity index (χ0v) is 13.6. The molecular formula is C10H12Cl4N4O2. The summed E-state index contributed by atoms with van der Waals surface area (Å²) in [6.07, 6.45) is 0. The normalized spacial score (nSPS) is 8.90. The zero-order chi connectivity index (χ0) is 15.5. The van der Waals surface area contributed by atoms with Crippen LogP contribution in [0.5, 0.6) is 0 Å². The van der Waals surface area contributed by atoms with Gasteiger partial charge in [-0.15, -0.1) is 0 Å². The molecule has 0 radical (unpaired) electrons. The van der Waals surface area contributed by atoms with Crippen molar-refractivity contribution in [3.63, 3.8) is 0 Å². The third kappa shape index (κ3) is 10.9. The topological polar surface area (TPSA) is 83.7 Å². The molecule has 0 bridgehead atoms. The number of nitrogens with zero attached hydrogens (tertiary/aromatic N) is 2. The van der Waals surface area contributed by atoms with Crippen LogP contribution in [0.25, 0.3) is 0 Å². The van der Waals surface area contributed by atoms with E-state index in [1.54, 1.807) is 6.92 Å². The van der Waals surface area contributed by atoms with E-state index < -0.39 is 0 Å². The first kappa shape index (κ1) is 19.1. The van der Waals surface area contributed by atoms with E-state index in [1.165, 1.54) is 19.1 Å². The minimum atomic E-state index is -0.211. The summed E-state index contributed by atoms with van der Waals surface area (Å²) in [5.74, 6) is -0.211. The van der Waals surface area contributed by atoms with Crippen LogP contribution in [-0.4, -0.2) is 33.0 Å². The summed E-state index contributed by atoms with van der Waals surface area (Å²) in [4.78, 5) is 9.82. The van der Waals surface area contributed by atoms with Crippen molar-refractivity contribution in [3.05, 3.63) is 32.7 Å². The second kappa shape index (κ2) is 10.8. The smallest absolute Gasteiger partial charge is 0.302 e. The van der Waals surface area contributed by atoms with Crippen LogP contribution in [-0.2, 0) is 9.53 Å². The molecule has 0 aliphatic rings. The van der Waals surface area contributed by atoms with Crippen molar-refractivity contribution in [3.8, 4) is 0 Å². The first-order chi connectivity index (χ1) is 9.35. The fourth-order valence-corrected chi connectivity index (χ4v) is 1.46. The maximum atomic E-state index is 9.82. The molecule has 0 spiro atoms. The Morgan fingerprint density at radius 2 is 1.50 bits per heavy atom. The second-order valence-corrected chi connectivity index (χ2v) is 4.59. The van der Waals surface area contributed by atoms with Crippen LogP contribution in [0.1, 0.15) is 13.8 Å². The average Bonchev–Trinajstić information content (AvgIpc) is 2.89. The summed E-state index contributed by atoms with van der Waals surface area (Å²) in [7, 11) is 0. The molecule has 6 nitrogen and oxygen atoms in total. The number of carbonyl (C=O) groups is 1. The van der Waals surface area contributed by atoms with Crippen molar-refractivity contribution >= 4 is 52.4 Å². The highest BCUT2D eigenvalue weighted by atomic mass is 35.5. The summed E-state index contributed by atoms with van der Waals surface area (Å²) >= 11 is 21.4. The Bertz CT molecular complexity index is 444. The van der Waals surface area contributed by atoms with Gasteiger partial charge in [0, 0.05) is 19.1 Å². The van der Waals surface area contributed by atoms with Gasteiger partial charge in [-0.3, -0.25) is 15.0 Å². The minimum absolute atomic E-state index is 0.211. The number of hydrogen-bond acceptors (Lipinski definition) is 4. The van der Waals surface area contributed by atoms with Crippen LogP contribution in [0, 0.1) is 0 Å². The van der Waals surface area contributed by atoms with Crippen molar-refractivity contribution in [2.24, 2.45) is 0 Å². The number of rotatable bonds is 1. The first-order valence-electron chi connectivity index (χ1n) is 5.21. The number of nitrogens with one attached hydrogen (secondary N) is 2. The molecule has 0 aliphatic carbocycles. The van der Waals surface area contributed by atoms with Gasteiger partial charge in [0.1, 0.15) is 10.3 Å². The Morgan fingerprint density at radius 3 is 1.55 bits per heavy atom. The van der Waals surface area contributed by atoms with Gasteiger partial charge in [0.15, 0.2) is 10.3 Å².